The number of amides is 1. The van der Waals surface area contributed by atoms with Crippen LogP contribution in [0.4, 0.5) is 4.79 Å². The van der Waals surface area contributed by atoms with E-state index in [1.54, 1.807) is 17.2 Å². The molecule has 5 heteroatoms. The summed E-state index contributed by atoms with van der Waals surface area (Å²) in [5, 5.41) is 11.4. The number of nitrogens with two attached hydrogens (primary N) is 1. The molecule has 0 aliphatic heterocycles. The van der Waals surface area contributed by atoms with Gasteiger partial charge in [0.15, 0.2) is 0 Å². The Balaban J connectivity index is 0. The number of hydrogen-bond acceptors (Lipinski definition) is 3. The van der Waals surface area contributed by atoms with Crippen LogP contribution >= 0.6 is 11.8 Å². The summed E-state index contributed by atoms with van der Waals surface area (Å²) >= 11 is 1.62. The van der Waals surface area contributed by atoms with Gasteiger partial charge in [0.25, 0.3) is 0 Å². The molecule has 0 fully saturated rings. The van der Waals surface area contributed by atoms with Crippen LogP contribution in [0, 0.1) is 0 Å². The molecule has 0 radical (unpaired) electrons. The molecule has 0 aromatic carbocycles. The molecule has 0 bridgehead atoms. The first-order chi connectivity index (χ1) is 4.68. The van der Waals surface area contributed by atoms with E-state index >= 15 is 0 Å². The van der Waals surface area contributed by atoms with Gasteiger partial charge in [-0.05, 0) is 11.7 Å². The summed E-state index contributed by atoms with van der Waals surface area (Å²) in [5.41, 5.74) is 4.74. The van der Waals surface area contributed by atoms with Crippen LogP contribution < -0.4 is 11.1 Å². The van der Waals surface area contributed by atoms with Crippen molar-refractivity contribution in [1.82, 2.24) is 5.32 Å². The molecule has 0 spiro atoms. The predicted molar refractivity (Wildman–Crippen MR) is 43.9 cm³/mol. The largest absolute Gasteiger partial charge is 0.465 e. The smallest absolute Gasteiger partial charge is 0.405 e. The molecule has 0 atom stereocenters. The van der Waals surface area contributed by atoms with Gasteiger partial charge in [0.05, 0.1) is 6.67 Å². The van der Waals surface area contributed by atoms with Crippen molar-refractivity contribution in [3.8, 4) is 0 Å². The minimum atomic E-state index is -1.09. The lowest BCUT2D eigenvalue weighted by atomic mass is 11.0. The van der Waals surface area contributed by atoms with Crippen molar-refractivity contribution in [1.29, 1.82) is 0 Å². The summed E-state index contributed by atoms with van der Waals surface area (Å²) in [6.07, 6.45) is 0.894. The Bertz CT molecular complexity index is 97.6. The summed E-state index contributed by atoms with van der Waals surface area (Å²) in [6, 6.07) is 0. The molecule has 4 nitrogen and oxygen atoms in total. The third kappa shape index (κ3) is 26.5. The van der Waals surface area contributed by atoms with Gasteiger partial charge in [-0.1, -0.05) is 6.58 Å². The lowest BCUT2D eigenvalue weighted by Crippen LogP contribution is -2.27. The topological polar surface area (TPSA) is 75.3 Å². The number of thioether (sulfide) groups is 1. The fourth-order valence-electron chi connectivity index (χ4n) is 0.0873. The first-order valence-corrected chi connectivity index (χ1v) is 3.78. The van der Waals surface area contributed by atoms with Crippen molar-refractivity contribution in [3.05, 3.63) is 12.0 Å². The van der Waals surface area contributed by atoms with Gasteiger partial charge < -0.3 is 16.2 Å². The van der Waals surface area contributed by atoms with Gasteiger partial charge in [-0.25, -0.2) is 4.79 Å². The van der Waals surface area contributed by atoms with Gasteiger partial charge in [-0.2, -0.15) is 0 Å². The van der Waals surface area contributed by atoms with E-state index in [0.29, 0.717) is 0 Å². The standard InChI is InChI=1S/C3H6S.C2H6N2O2/c1-3-4-2;3-1-4-2(5)6/h3H,1H2,2H3;4H,1,3H2,(H,5,6). The average Bonchev–Trinajstić information content (AvgIpc) is 1.89. The fraction of sp³-hybridized carbons (Fsp3) is 0.400. The van der Waals surface area contributed by atoms with E-state index in [-0.39, 0.29) is 6.67 Å². The Morgan fingerprint density at radius 2 is 2.40 bits per heavy atom. The lowest BCUT2D eigenvalue weighted by Gasteiger charge is -1.87. The van der Waals surface area contributed by atoms with E-state index in [1.807, 2.05) is 11.6 Å². The molecule has 0 aromatic heterocycles. The summed E-state index contributed by atoms with van der Waals surface area (Å²) in [4.78, 5) is 9.41. The molecule has 1 amide bonds. The van der Waals surface area contributed by atoms with E-state index < -0.39 is 6.09 Å². The Morgan fingerprint density at radius 1 is 2.00 bits per heavy atom. The second kappa shape index (κ2) is 11.2. The molecule has 0 saturated heterocycles. The highest BCUT2D eigenvalue weighted by atomic mass is 32.2. The summed E-state index contributed by atoms with van der Waals surface area (Å²) in [6.45, 7) is 3.42. The van der Waals surface area contributed by atoms with Crippen LogP contribution in [0.25, 0.3) is 0 Å². The quantitative estimate of drug-likeness (QED) is 0.524. The molecular formula is C5H12N2O2S. The van der Waals surface area contributed by atoms with Crippen molar-refractivity contribution in [2.24, 2.45) is 5.73 Å². The van der Waals surface area contributed by atoms with E-state index in [9.17, 15) is 4.79 Å². The van der Waals surface area contributed by atoms with Crippen molar-refractivity contribution < 1.29 is 9.90 Å². The van der Waals surface area contributed by atoms with Crippen LogP contribution in [0.3, 0.4) is 0 Å². The van der Waals surface area contributed by atoms with E-state index in [2.05, 4.69) is 6.58 Å². The van der Waals surface area contributed by atoms with Crippen molar-refractivity contribution >= 4 is 17.9 Å². The number of hydrogen-bond donors (Lipinski definition) is 3. The van der Waals surface area contributed by atoms with Crippen molar-refractivity contribution in [2.75, 3.05) is 12.9 Å². The third-order valence-corrected chi connectivity index (χ3v) is 0.753. The highest BCUT2D eigenvalue weighted by Gasteiger charge is 1.83. The third-order valence-electron chi connectivity index (χ3n) is 0.420. The minimum absolute atomic E-state index is 0.0185. The predicted octanol–water partition coefficient (Wildman–Crippen LogP) is 0.663. The zero-order valence-corrected chi connectivity index (χ0v) is 6.65. The molecular weight excluding hydrogens is 152 g/mol. The Labute approximate surface area is 64.5 Å². The molecule has 4 N–H and O–H groups in total. The monoisotopic (exact) mass is 164 g/mol. The first-order valence-electron chi connectivity index (χ1n) is 2.49. The number of carbonyl (C=O) groups is 1. The van der Waals surface area contributed by atoms with Crippen LogP contribution in [-0.2, 0) is 0 Å². The van der Waals surface area contributed by atoms with Gasteiger partial charge >= 0.3 is 6.09 Å². The van der Waals surface area contributed by atoms with E-state index in [1.165, 1.54) is 0 Å². The molecule has 0 rings (SSSR count). The minimum Gasteiger partial charge on any atom is -0.465 e. The second-order valence-electron chi connectivity index (χ2n) is 1.09. The van der Waals surface area contributed by atoms with Crippen LogP contribution in [0.2, 0.25) is 0 Å². The van der Waals surface area contributed by atoms with E-state index in [4.69, 9.17) is 10.8 Å². The SMILES string of the molecule is C=CSC.NCNC(=O)O. The highest BCUT2D eigenvalue weighted by molar-refractivity contribution is 8.01. The van der Waals surface area contributed by atoms with Crippen LogP contribution in [0.1, 0.15) is 0 Å². The Hall–Kier alpha value is -0.680. The zero-order chi connectivity index (χ0) is 8.41. The molecule has 10 heavy (non-hydrogen) atoms. The summed E-state index contributed by atoms with van der Waals surface area (Å²) in [7, 11) is 0. The van der Waals surface area contributed by atoms with Gasteiger partial charge in [0.2, 0.25) is 0 Å². The summed E-state index contributed by atoms with van der Waals surface area (Å²) in [5.74, 6) is 0. The fourth-order valence-corrected chi connectivity index (χ4v) is 0.0873. The highest BCUT2D eigenvalue weighted by Crippen LogP contribution is 1.85. The Kier molecular flexibility index (Phi) is 13.4. The van der Waals surface area contributed by atoms with Crippen molar-refractivity contribution in [3.63, 3.8) is 0 Å². The van der Waals surface area contributed by atoms with Gasteiger partial charge in [0.1, 0.15) is 0 Å². The summed E-state index contributed by atoms with van der Waals surface area (Å²) < 4.78 is 0. The number of rotatable bonds is 2. The Morgan fingerprint density at radius 3 is 2.40 bits per heavy atom. The molecule has 0 aliphatic rings. The second-order valence-corrected chi connectivity index (χ2v) is 1.89. The first kappa shape index (κ1) is 12.0. The van der Waals surface area contributed by atoms with Crippen LogP contribution in [-0.4, -0.2) is 24.1 Å². The number of nitrogens with one attached hydrogen (secondary N) is 1. The van der Waals surface area contributed by atoms with Gasteiger partial charge in [-0.15, -0.1) is 11.8 Å². The van der Waals surface area contributed by atoms with Crippen LogP contribution in [0.15, 0.2) is 12.0 Å². The van der Waals surface area contributed by atoms with Gasteiger partial charge in [-0.3, -0.25) is 0 Å². The maximum atomic E-state index is 9.41. The lowest BCUT2D eigenvalue weighted by molar-refractivity contribution is 0.195. The molecule has 60 valence electrons. The maximum Gasteiger partial charge on any atom is 0.405 e. The van der Waals surface area contributed by atoms with Gasteiger partial charge in [0, 0.05) is 0 Å². The molecule has 0 unspecified atom stereocenters. The van der Waals surface area contributed by atoms with Crippen molar-refractivity contribution in [2.45, 2.75) is 0 Å². The van der Waals surface area contributed by atoms with E-state index in [0.717, 1.165) is 0 Å². The number of carboxylic acid groups (broad SMARTS) is 1. The molecule has 0 saturated carbocycles. The molecule has 0 heterocycles. The average molecular weight is 164 g/mol. The molecule has 0 aromatic rings. The normalized spacial score (nSPS) is 7.00. The maximum absolute atomic E-state index is 9.41. The van der Waals surface area contributed by atoms with Crippen LogP contribution in [0.5, 0.6) is 0 Å². The molecule has 0 aliphatic carbocycles. The zero-order valence-electron chi connectivity index (χ0n) is 5.83.